The number of ether oxygens (including phenoxy) is 1. The molecule has 0 aliphatic carbocycles. The van der Waals surface area contributed by atoms with E-state index < -0.39 is 6.10 Å². The predicted molar refractivity (Wildman–Crippen MR) is 84.6 cm³/mol. The van der Waals surface area contributed by atoms with Crippen LogP contribution in [0, 0.1) is 0 Å². The topological polar surface area (TPSA) is 93.5 Å². The molecule has 2 amide bonds. The van der Waals surface area contributed by atoms with E-state index in [4.69, 9.17) is 10.5 Å². The molecule has 0 aromatic heterocycles. The fourth-order valence-electron chi connectivity index (χ4n) is 2.27. The number of carbonyl (C=O) groups excluding carboxylic acids is 2. The monoisotopic (exact) mass is 303 g/mol. The summed E-state index contributed by atoms with van der Waals surface area (Å²) in [7, 11) is 0. The molecule has 118 valence electrons. The minimum absolute atomic E-state index is 0.0355. The van der Waals surface area contributed by atoms with Gasteiger partial charge in [0.05, 0.1) is 6.10 Å². The van der Waals surface area contributed by atoms with Gasteiger partial charge >= 0.3 is 0 Å². The molecule has 4 N–H and O–H groups in total. The van der Waals surface area contributed by atoms with Crippen LogP contribution in [0.5, 0.6) is 0 Å². The van der Waals surface area contributed by atoms with Gasteiger partial charge in [-0.15, -0.1) is 6.58 Å². The third kappa shape index (κ3) is 4.16. The molecule has 0 bridgehead atoms. The van der Waals surface area contributed by atoms with Gasteiger partial charge in [0.1, 0.15) is 6.10 Å². The van der Waals surface area contributed by atoms with E-state index in [2.05, 4.69) is 17.2 Å². The van der Waals surface area contributed by atoms with Gasteiger partial charge < -0.3 is 21.1 Å². The highest BCUT2D eigenvalue weighted by Crippen LogP contribution is 2.20. The first-order valence-corrected chi connectivity index (χ1v) is 7.29. The molecule has 1 saturated heterocycles. The molecule has 1 aromatic rings. The Bertz CT molecular complexity index is 542. The molecular weight excluding hydrogens is 282 g/mol. The lowest BCUT2D eigenvalue weighted by atomic mass is 10.1. The second-order valence-electron chi connectivity index (χ2n) is 5.13. The van der Waals surface area contributed by atoms with Crippen LogP contribution < -0.4 is 16.4 Å². The highest BCUT2D eigenvalue weighted by molar-refractivity contribution is 5.97. The maximum Gasteiger partial charge on any atom is 0.253 e. The van der Waals surface area contributed by atoms with Crippen molar-refractivity contribution in [3.8, 4) is 0 Å². The summed E-state index contributed by atoms with van der Waals surface area (Å²) in [6.07, 6.45) is 2.60. The number of hydrogen-bond donors (Lipinski definition) is 3. The highest BCUT2D eigenvalue weighted by atomic mass is 16.5. The molecule has 1 aromatic carbocycles. The Morgan fingerprint density at radius 1 is 1.32 bits per heavy atom. The first-order valence-electron chi connectivity index (χ1n) is 7.29. The summed E-state index contributed by atoms with van der Waals surface area (Å²) in [6, 6.07) is 6.70. The number of rotatable bonds is 6. The Labute approximate surface area is 129 Å². The minimum Gasteiger partial charge on any atom is -0.364 e. The summed E-state index contributed by atoms with van der Waals surface area (Å²) in [4.78, 5) is 23.8. The first-order chi connectivity index (χ1) is 10.6. The van der Waals surface area contributed by atoms with Crippen molar-refractivity contribution in [1.29, 1.82) is 0 Å². The fourth-order valence-corrected chi connectivity index (χ4v) is 2.27. The molecule has 1 heterocycles. The molecule has 1 aliphatic rings. The van der Waals surface area contributed by atoms with Crippen LogP contribution in [0.4, 0.5) is 5.69 Å². The van der Waals surface area contributed by atoms with E-state index in [1.807, 2.05) is 0 Å². The number of carbonyl (C=O) groups is 2. The van der Waals surface area contributed by atoms with Crippen molar-refractivity contribution >= 4 is 17.5 Å². The average Bonchev–Trinajstić information content (AvgIpc) is 3.02. The Hall–Kier alpha value is -2.18. The van der Waals surface area contributed by atoms with Crippen molar-refractivity contribution in [2.45, 2.75) is 25.0 Å². The second-order valence-corrected chi connectivity index (χ2v) is 5.13. The highest BCUT2D eigenvalue weighted by Gasteiger charge is 2.29. The Kier molecular flexibility index (Phi) is 5.68. The van der Waals surface area contributed by atoms with Crippen LogP contribution in [0.3, 0.4) is 0 Å². The molecule has 1 aliphatic heterocycles. The number of anilines is 1. The lowest BCUT2D eigenvalue weighted by Gasteiger charge is -2.13. The molecule has 0 spiro atoms. The van der Waals surface area contributed by atoms with Crippen LogP contribution in [0.2, 0.25) is 0 Å². The largest absolute Gasteiger partial charge is 0.364 e. The van der Waals surface area contributed by atoms with Gasteiger partial charge in [0.25, 0.3) is 11.8 Å². The predicted octanol–water partition coefficient (Wildman–Crippen LogP) is 1.05. The summed E-state index contributed by atoms with van der Waals surface area (Å²) in [6.45, 7) is 4.38. The van der Waals surface area contributed by atoms with Crippen molar-refractivity contribution in [2.24, 2.45) is 5.73 Å². The first kappa shape index (κ1) is 16.2. The van der Waals surface area contributed by atoms with Crippen LogP contribution >= 0.6 is 0 Å². The van der Waals surface area contributed by atoms with Crippen LogP contribution in [0.15, 0.2) is 36.9 Å². The zero-order chi connectivity index (χ0) is 15.9. The molecule has 6 nitrogen and oxygen atoms in total. The maximum atomic E-state index is 12.1. The summed E-state index contributed by atoms with van der Waals surface area (Å²) in [5, 5.41) is 5.47. The number of benzene rings is 1. The third-order valence-corrected chi connectivity index (χ3v) is 3.48. The molecule has 1 fully saturated rings. The number of nitrogens with two attached hydrogens (primary N) is 1. The van der Waals surface area contributed by atoms with Gasteiger partial charge in [0, 0.05) is 24.3 Å². The molecule has 2 atom stereocenters. The van der Waals surface area contributed by atoms with E-state index in [9.17, 15) is 9.59 Å². The zero-order valence-electron chi connectivity index (χ0n) is 12.4. The van der Waals surface area contributed by atoms with Crippen molar-refractivity contribution in [1.82, 2.24) is 5.32 Å². The summed E-state index contributed by atoms with van der Waals surface area (Å²) >= 11 is 0. The normalized spacial score (nSPS) is 20.4. The van der Waals surface area contributed by atoms with E-state index in [1.54, 1.807) is 30.3 Å². The SMILES string of the molecule is C=CCNC(=O)c1ccc(NC(=O)[C@@H]2CC[C@H](CN)O2)cc1. The maximum absolute atomic E-state index is 12.1. The zero-order valence-corrected chi connectivity index (χ0v) is 12.4. The van der Waals surface area contributed by atoms with Crippen molar-refractivity contribution in [3.63, 3.8) is 0 Å². The van der Waals surface area contributed by atoms with Gasteiger partial charge in [-0.05, 0) is 37.1 Å². The van der Waals surface area contributed by atoms with Crippen LogP contribution in [-0.2, 0) is 9.53 Å². The minimum atomic E-state index is -0.455. The van der Waals surface area contributed by atoms with E-state index in [0.717, 1.165) is 6.42 Å². The van der Waals surface area contributed by atoms with Crippen LogP contribution in [-0.4, -0.2) is 37.1 Å². The average molecular weight is 303 g/mol. The van der Waals surface area contributed by atoms with E-state index in [1.165, 1.54) is 0 Å². The van der Waals surface area contributed by atoms with Crippen molar-refractivity contribution in [2.75, 3.05) is 18.4 Å². The van der Waals surface area contributed by atoms with Crippen molar-refractivity contribution in [3.05, 3.63) is 42.5 Å². The number of amides is 2. The van der Waals surface area contributed by atoms with Gasteiger partial charge in [-0.1, -0.05) is 6.08 Å². The summed E-state index contributed by atoms with van der Waals surface area (Å²) in [5.41, 5.74) is 6.69. The lowest BCUT2D eigenvalue weighted by Crippen LogP contribution is -2.29. The third-order valence-electron chi connectivity index (χ3n) is 3.48. The van der Waals surface area contributed by atoms with E-state index >= 15 is 0 Å². The molecule has 2 rings (SSSR count). The smallest absolute Gasteiger partial charge is 0.253 e. The fraction of sp³-hybridized carbons (Fsp3) is 0.375. The Morgan fingerprint density at radius 2 is 2.05 bits per heavy atom. The lowest BCUT2D eigenvalue weighted by molar-refractivity contribution is -0.126. The van der Waals surface area contributed by atoms with E-state index in [-0.39, 0.29) is 17.9 Å². The number of nitrogens with one attached hydrogen (secondary N) is 2. The molecule has 22 heavy (non-hydrogen) atoms. The Morgan fingerprint density at radius 3 is 2.64 bits per heavy atom. The van der Waals surface area contributed by atoms with Gasteiger partial charge in [-0.3, -0.25) is 9.59 Å². The standard InChI is InChI=1S/C16H21N3O3/c1-2-9-18-15(20)11-3-5-12(6-4-11)19-16(21)14-8-7-13(10-17)22-14/h2-6,13-14H,1,7-10,17H2,(H,18,20)(H,19,21)/t13-,14+/m1/s1. The van der Waals surface area contributed by atoms with Crippen LogP contribution in [0.25, 0.3) is 0 Å². The molecule has 0 radical (unpaired) electrons. The second kappa shape index (κ2) is 7.72. The van der Waals surface area contributed by atoms with Gasteiger partial charge in [-0.2, -0.15) is 0 Å². The quantitative estimate of drug-likeness (QED) is 0.685. The molecular formula is C16H21N3O3. The molecule has 6 heteroatoms. The Balaban J connectivity index is 1.89. The van der Waals surface area contributed by atoms with Gasteiger partial charge in [-0.25, -0.2) is 0 Å². The van der Waals surface area contributed by atoms with Gasteiger partial charge in [0.15, 0.2) is 0 Å². The summed E-state index contributed by atoms with van der Waals surface area (Å²) < 4.78 is 5.54. The van der Waals surface area contributed by atoms with Crippen LogP contribution in [0.1, 0.15) is 23.2 Å². The number of hydrogen-bond acceptors (Lipinski definition) is 4. The van der Waals surface area contributed by atoms with Crippen molar-refractivity contribution < 1.29 is 14.3 Å². The molecule has 0 saturated carbocycles. The molecule has 0 unspecified atom stereocenters. The summed E-state index contributed by atoms with van der Waals surface area (Å²) in [5.74, 6) is -0.359. The van der Waals surface area contributed by atoms with E-state index in [0.29, 0.717) is 30.8 Å². The van der Waals surface area contributed by atoms with Gasteiger partial charge in [0.2, 0.25) is 0 Å².